The molecule has 0 radical (unpaired) electrons. The Hall–Kier alpha value is -3.56. The number of halogens is 1. The first kappa shape index (κ1) is 20.2. The van der Waals surface area contributed by atoms with Gasteiger partial charge in [0, 0.05) is 0 Å². The van der Waals surface area contributed by atoms with E-state index < -0.39 is 17.8 Å². The lowest BCUT2D eigenvalue weighted by Gasteiger charge is -2.28. The minimum absolute atomic E-state index is 0.0635. The largest absolute Gasteiger partial charge is 0.479 e. The molecule has 3 rings (SSSR count). The Balaban J connectivity index is 1.99. The second-order valence-electron chi connectivity index (χ2n) is 6.36. The summed E-state index contributed by atoms with van der Waals surface area (Å²) >= 11 is 6.17. The van der Waals surface area contributed by atoms with Crippen LogP contribution >= 0.6 is 11.6 Å². The summed E-state index contributed by atoms with van der Waals surface area (Å²) in [5.74, 6) is 1.24. The summed E-state index contributed by atoms with van der Waals surface area (Å²) in [5, 5.41) is 2.49. The van der Waals surface area contributed by atoms with Crippen molar-refractivity contribution in [1.29, 1.82) is 0 Å². The van der Waals surface area contributed by atoms with Gasteiger partial charge in [-0.25, -0.2) is 9.69 Å². The number of amides is 4. The number of carbonyl (C=O) groups is 3. The summed E-state index contributed by atoms with van der Waals surface area (Å²) in [5.41, 5.74) is 2.42. The van der Waals surface area contributed by atoms with Crippen LogP contribution in [-0.4, -0.2) is 24.5 Å². The zero-order chi connectivity index (χ0) is 21.1. The molecule has 1 heterocycles. The van der Waals surface area contributed by atoms with Crippen LogP contribution in [0.1, 0.15) is 16.7 Å². The Morgan fingerprint density at radius 3 is 2.66 bits per heavy atom. The molecule has 1 fully saturated rings. The maximum atomic E-state index is 13.0. The van der Waals surface area contributed by atoms with Gasteiger partial charge < -0.3 is 4.74 Å². The van der Waals surface area contributed by atoms with Crippen LogP contribution in [0.15, 0.2) is 42.0 Å². The molecule has 4 amide bonds. The molecule has 0 saturated carbocycles. The summed E-state index contributed by atoms with van der Waals surface area (Å²) < 4.78 is 5.30. The average Bonchev–Trinajstić information content (AvgIpc) is 2.67. The van der Waals surface area contributed by atoms with Crippen molar-refractivity contribution in [2.45, 2.75) is 13.8 Å². The molecule has 146 valence electrons. The molecule has 6 nitrogen and oxygen atoms in total. The zero-order valence-corrected chi connectivity index (χ0v) is 16.5. The van der Waals surface area contributed by atoms with Gasteiger partial charge in [0.1, 0.15) is 17.9 Å². The number of urea groups is 1. The molecule has 1 aliphatic rings. The van der Waals surface area contributed by atoms with Gasteiger partial charge in [-0.05, 0) is 54.8 Å². The van der Waals surface area contributed by atoms with Gasteiger partial charge in [-0.1, -0.05) is 35.7 Å². The van der Waals surface area contributed by atoms with E-state index in [1.165, 1.54) is 6.08 Å². The van der Waals surface area contributed by atoms with Crippen molar-refractivity contribution in [2.24, 2.45) is 0 Å². The third-order valence-electron chi connectivity index (χ3n) is 4.50. The number of nitrogens with one attached hydrogen (secondary N) is 1. The van der Waals surface area contributed by atoms with E-state index in [4.69, 9.17) is 22.8 Å². The van der Waals surface area contributed by atoms with E-state index in [1.807, 2.05) is 13.0 Å². The van der Waals surface area contributed by atoms with E-state index in [0.717, 1.165) is 16.0 Å². The molecule has 0 atom stereocenters. The van der Waals surface area contributed by atoms with Crippen LogP contribution in [0.25, 0.3) is 6.08 Å². The Morgan fingerprint density at radius 1 is 1.21 bits per heavy atom. The summed E-state index contributed by atoms with van der Waals surface area (Å²) in [6.07, 6.45) is 6.54. The van der Waals surface area contributed by atoms with Gasteiger partial charge in [0.05, 0.1) is 10.7 Å². The second-order valence-corrected chi connectivity index (χ2v) is 6.77. The Morgan fingerprint density at radius 2 is 1.97 bits per heavy atom. The van der Waals surface area contributed by atoms with Crippen molar-refractivity contribution >= 4 is 41.2 Å². The van der Waals surface area contributed by atoms with Gasteiger partial charge in [-0.15, -0.1) is 6.42 Å². The smallest absolute Gasteiger partial charge is 0.335 e. The Labute approximate surface area is 173 Å². The van der Waals surface area contributed by atoms with Crippen molar-refractivity contribution in [1.82, 2.24) is 5.32 Å². The molecule has 2 aromatic rings. The lowest BCUT2D eigenvalue weighted by molar-refractivity contribution is -0.122. The highest BCUT2D eigenvalue weighted by molar-refractivity contribution is 6.39. The average molecular weight is 409 g/mol. The van der Waals surface area contributed by atoms with Crippen molar-refractivity contribution in [3.05, 3.63) is 63.7 Å². The molecule has 7 heteroatoms. The van der Waals surface area contributed by atoms with Crippen LogP contribution in [0.3, 0.4) is 0 Å². The number of hydrogen-bond acceptors (Lipinski definition) is 4. The van der Waals surface area contributed by atoms with Crippen LogP contribution in [0.4, 0.5) is 10.5 Å². The topological polar surface area (TPSA) is 75.7 Å². The number of aryl methyl sites for hydroxylation is 1. The third-order valence-corrected chi connectivity index (χ3v) is 4.79. The molecular formula is C22H17ClN2O4. The highest BCUT2D eigenvalue weighted by Gasteiger charge is 2.37. The summed E-state index contributed by atoms with van der Waals surface area (Å²) in [7, 11) is 0. The molecule has 0 aliphatic carbocycles. The maximum absolute atomic E-state index is 13.0. The number of barbiturate groups is 1. The van der Waals surface area contributed by atoms with Gasteiger partial charge >= 0.3 is 6.03 Å². The van der Waals surface area contributed by atoms with Gasteiger partial charge in [0.15, 0.2) is 0 Å². The first-order valence-electron chi connectivity index (χ1n) is 8.67. The predicted molar refractivity (Wildman–Crippen MR) is 111 cm³/mol. The van der Waals surface area contributed by atoms with E-state index in [1.54, 1.807) is 37.3 Å². The molecule has 1 aliphatic heterocycles. The number of ether oxygens (including phenoxy) is 1. The van der Waals surface area contributed by atoms with Crippen molar-refractivity contribution in [3.8, 4) is 18.1 Å². The quantitative estimate of drug-likeness (QED) is 0.476. The molecular weight excluding hydrogens is 392 g/mol. The minimum atomic E-state index is -0.790. The number of rotatable bonds is 4. The van der Waals surface area contributed by atoms with Crippen LogP contribution in [0, 0.1) is 26.2 Å². The molecule has 1 saturated heterocycles. The fraction of sp³-hybridized carbons (Fsp3) is 0.136. The van der Waals surface area contributed by atoms with Crippen LogP contribution in [0.5, 0.6) is 5.75 Å². The highest BCUT2D eigenvalue weighted by Crippen LogP contribution is 2.29. The van der Waals surface area contributed by atoms with Crippen molar-refractivity contribution in [2.75, 3.05) is 11.5 Å². The fourth-order valence-electron chi connectivity index (χ4n) is 2.86. The number of benzene rings is 2. The number of carbonyl (C=O) groups excluding carboxylic acids is 3. The van der Waals surface area contributed by atoms with E-state index in [2.05, 4.69) is 11.2 Å². The molecule has 1 N–H and O–H groups in total. The fourth-order valence-corrected chi connectivity index (χ4v) is 3.11. The standard InChI is InChI=1S/C22H17ClN2O4/c1-4-10-29-19-9-8-15(12-17(19)23)11-16-20(26)24-22(28)25(21(16)27)18-7-5-6-13(2)14(18)3/h1,5-9,11-12H,10H2,2-3H3,(H,24,26,28)/b16-11+. The number of hydrogen-bond donors (Lipinski definition) is 1. The summed E-state index contributed by atoms with van der Waals surface area (Å²) in [4.78, 5) is 38.6. The van der Waals surface area contributed by atoms with E-state index >= 15 is 0 Å². The highest BCUT2D eigenvalue weighted by atomic mass is 35.5. The molecule has 0 spiro atoms. The normalized spacial score (nSPS) is 15.3. The number of imide groups is 2. The van der Waals surface area contributed by atoms with Gasteiger partial charge in [0.25, 0.3) is 11.8 Å². The van der Waals surface area contributed by atoms with Crippen molar-refractivity contribution < 1.29 is 19.1 Å². The lowest BCUT2D eigenvalue weighted by Crippen LogP contribution is -2.54. The Bertz CT molecular complexity index is 1100. The summed E-state index contributed by atoms with van der Waals surface area (Å²) in [6.45, 7) is 3.74. The van der Waals surface area contributed by atoms with Crippen LogP contribution in [0.2, 0.25) is 5.02 Å². The first-order valence-corrected chi connectivity index (χ1v) is 9.04. The van der Waals surface area contributed by atoms with E-state index in [9.17, 15) is 14.4 Å². The zero-order valence-electron chi connectivity index (χ0n) is 15.8. The van der Waals surface area contributed by atoms with Gasteiger partial charge in [-0.2, -0.15) is 0 Å². The van der Waals surface area contributed by atoms with E-state index in [0.29, 0.717) is 17.0 Å². The van der Waals surface area contributed by atoms with Gasteiger partial charge in [-0.3, -0.25) is 14.9 Å². The molecule has 0 unspecified atom stereocenters. The summed E-state index contributed by atoms with van der Waals surface area (Å²) in [6, 6.07) is 9.24. The monoisotopic (exact) mass is 408 g/mol. The van der Waals surface area contributed by atoms with Crippen molar-refractivity contribution in [3.63, 3.8) is 0 Å². The van der Waals surface area contributed by atoms with Crippen LogP contribution in [-0.2, 0) is 9.59 Å². The van der Waals surface area contributed by atoms with Crippen LogP contribution < -0.4 is 15.0 Å². The number of terminal acetylenes is 1. The molecule has 2 aromatic carbocycles. The second kappa shape index (κ2) is 8.21. The van der Waals surface area contributed by atoms with E-state index in [-0.39, 0.29) is 17.2 Å². The minimum Gasteiger partial charge on any atom is -0.479 e. The lowest BCUT2D eigenvalue weighted by atomic mass is 10.0. The maximum Gasteiger partial charge on any atom is 0.335 e. The molecule has 0 aromatic heterocycles. The Kier molecular flexibility index (Phi) is 5.71. The molecule has 0 bridgehead atoms. The molecule has 29 heavy (non-hydrogen) atoms. The SMILES string of the molecule is C#CCOc1ccc(/C=C2\C(=O)NC(=O)N(c3cccc(C)c3C)C2=O)cc1Cl. The number of anilines is 1. The third kappa shape index (κ3) is 4.00. The number of nitrogens with zero attached hydrogens (tertiary/aromatic N) is 1. The first-order chi connectivity index (χ1) is 13.8. The van der Waals surface area contributed by atoms with Gasteiger partial charge in [0.2, 0.25) is 0 Å². The predicted octanol–water partition coefficient (Wildman–Crippen LogP) is 3.64.